The summed E-state index contributed by atoms with van der Waals surface area (Å²) in [5.74, 6) is 0.714. The number of hydrogen-bond acceptors (Lipinski definition) is 5. The molecule has 1 rings (SSSR count). The number of rotatable bonds is 11. The summed E-state index contributed by atoms with van der Waals surface area (Å²) in [5.41, 5.74) is 17.5. The average molecular weight is 347 g/mol. The van der Waals surface area contributed by atoms with E-state index < -0.39 is 6.10 Å². The molecule has 1 aromatic carbocycles. The molecule has 134 valence electrons. The van der Waals surface area contributed by atoms with Crippen molar-refractivity contribution >= 4 is 5.69 Å². The summed E-state index contributed by atoms with van der Waals surface area (Å²) in [7, 11) is 2.14. The van der Waals surface area contributed by atoms with E-state index in [2.05, 4.69) is 7.05 Å². The van der Waals surface area contributed by atoms with Gasteiger partial charge in [-0.15, -0.1) is 0 Å². The molecule has 0 saturated heterocycles. The summed E-state index contributed by atoms with van der Waals surface area (Å²) in [5, 5.41) is 10.3. The largest absolute Gasteiger partial charge is 1.00 e. The third-order valence-corrected chi connectivity index (χ3v) is 3.78. The maximum atomic E-state index is 10.3. The van der Waals surface area contributed by atoms with Crippen LogP contribution < -0.4 is 34.3 Å². The quantitative estimate of drug-likeness (QED) is 0.255. The predicted molar refractivity (Wildman–Crippen MR) is 90.5 cm³/mol. The highest BCUT2D eigenvalue weighted by Crippen LogP contribution is 2.14. The fourth-order valence-electron chi connectivity index (χ4n) is 2.56. The molecule has 1 aromatic rings. The summed E-state index contributed by atoms with van der Waals surface area (Å²) >= 11 is 0. The van der Waals surface area contributed by atoms with E-state index >= 15 is 0 Å². The molecule has 0 aliphatic rings. The molecule has 6 nitrogen and oxygen atoms in total. The van der Waals surface area contributed by atoms with Gasteiger partial charge in [0.15, 0.2) is 0 Å². The lowest BCUT2D eigenvalue weighted by atomic mass is 10.2. The zero-order valence-electron chi connectivity index (χ0n) is 14.0. The van der Waals surface area contributed by atoms with E-state index in [1.54, 1.807) is 24.3 Å². The van der Waals surface area contributed by atoms with Crippen LogP contribution in [-0.4, -0.2) is 62.1 Å². The van der Waals surface area contributed by atoms with Crippen molar-refractivity contribution in [2.24, 2.45) is 11.5 Å². The Hall–Kier alpha value is -1.05. The van der Waals surface area contributed by atoms with Crippen molar-refractivity contribution in [3.05, 3.63) is 24.3 Å². The standard InChI is InChI=1S/C16H31N4O2.ClH/c1-20(10-2-8-17,11-3-9-18)12-15(21)13-22-16-6-4-14(19)5-7-16;/h4-7,15,21H,2-3,8-13,17-19H2,1H3;1H/q+1;/p-1. The summed E-state index contributed by atoms with van der Waals surface area (Å²) < 4.78 is 6.38. The number of likely N-dealkylation sites (N-methyl/N-ethyl adjacent to an activating group) is 1. The molecule has 0 fully saturated rings. The smallest absolute Gasteiger partial charge is 0.137 e. The lowest BCUT2D eigenvalue weighted by molar-refractivity contribution is -0.912. The van der Waals surface area contributed by atoms with Crippen molar-refractivity contribution in [1.82, 2.24) is 0 Å². The Morgan fingerprint density at radius 2 is 1.61 bits per heavy atom. The molecule has 7 N–H and O–H groups in total. The summed E-state index contributed by atoms with van der Waals surface area (Å²) in [6.07, 6.45) is 1.34. The molecule has 1 atom stereocenters. The third kappa shape index (κ3) is 8.98. The van der Waals surface area contributed by atoms with Crippen molar-refractivity contribution in [1.29, 1.82) is 0 Å². The summed E-state index contributed by atoms with van der Waals surface area (Å²) in [6.45, 7) is 4.10. The Kier molecular flexibility index (Phi) is 11.0. The first kappa shape index (κ1) is 21.9. The highest BCUT2D eigenvalue weighted by Gasteiger charge is 2.25. The number of halogens is 1. The first-order chi connectivity index (χ1) is 10.5. The lowest BCUT2D eigenvalue weighted by Gasteiger charge is -2.36. The Morgan fingerprint density at radius 1 is 1.09 bits per heavy atom. The highest BCUT2D eigenvalue weighted by molar-refractivity contribution is 5.41. The first-order valence-electron chi connectivity index (χ1n) is 7.89. The minimum atomic E-state index is -0.530. The number of nitrogens with zero attached hydrogens (tertiary/aromatic N) is 1. The second kappa shape index (κ2) is 11.5. The fourth-order valence-corrected chi connectivity index (χ4v) is 2.56. The number of aliphatic hydroxyl groups excluding tert-OH is 1. The fraction of sp³-hybridized carbons (Fsp3) is 0.625. The minimum Gasteiger partial charge on any atom is -1.00 e. The molecule has 0 spiro atoms. The number of ether oxygens (including phenoxy) is 1. The number of nitrogen functional groups attached to an aromatic ring is 1. The zero-order chi connectivity index (χ0) is 16.4. The van der Waals surface area contributed by atoms with E-state index in [4.69, 9.17) is 21.9 Å². The maximum Gasteiger partial charge on any atom is 0.137 e. The van der Waals surface area contributed by atoms with E-state index in [0.717, 1.165) is 30.4 Å². The van der Waals surface area contributed by atoms with Gasteiger partial charge in [0.25, 0.3) is 0 Å². The van der Waals surface area contributed by atoms with Crippen molar-refractivity contribution < 1.29 is 26.7 Å². The van der Waals surface area contributed by atoms with E-state index in [9.17, 15) is 5.11 Å². The SMILES string of the molecule is C[N+](CCCN)(CCCN)CC(O)COc1ccc(N)cc1.[Cl-]. The van der Waals surface area contributed by atoms with E-state index in [1.165, 1.54) is 0 Å². The number of quaternary nitrogens is 1. The van der Waals surface area contributed by atoms with Gasteiger partial charge in [-0.25, -0.2) is 0 Å². The Labute approximate surface area is 145 Å². The molecule has 0 amide bonds. The monoisotopic (exact) mass is 346 g/mol. The average Bonchev–Trinajstić information content (AvgIpc) is 2.50. The second-order valence-corrected chi connectivity index (χ2v) is 6.07. The van der Waals surface area contributed by atoms with Crippen molar-refractivity contribution in [2.45, 2.75) is 18.9 Å². The third-order valence-electron chi connectivity index (χ3n) is 3.78. The number of nitrogens with two attached hydrogens (primary N) is 3. The normalized spacial score (nSPS) is 12.5. The van der Waals surface area contributed by atoms with Crippen LogP contribution in [0, 0.1) is 0 Å². The van der Waals surface area contributed by atoms with Gasteiger partial charge in [-0.1, -0.05) is 0 Å². The predicted octanol–water partition coefficient (Wildman–Crippen LogP) is -2.84. The van der Waals surface area contributed by atoms with Gasteiger partial charge in [-0.05, 0) is 37.4 Å². The van der Waals surface area contributed by atoms with Gasteiger partial charge in [0, 0.05) is 18.5 Å². The maximum absolute atomic E-state index is 10.3. The number of benzene rings is 1. The van der Waals surface area contributed by atoms with Crippen LogP contribution in [0.3, 0.4) is 0 Å². The summed E-state index contributed by atoms with van der Waals surface area (Å²) in [6, 6.07) is 7.17. The Morgan fingerprint density at radius 3 is 2.09 bits per heavy atom. The van der Waals surface area contributed by atoms with Gasteiger partial charge in [0.2, 0.25) is 0 Å². The molecule has 0 radical (unpaired) electrons. The molecule has 0 bridgehead atoms. The van der Waals surface area contributed by atoms with E-state index in [0.29, 0.717) is 31.1 Å². The summed E-state index contributed by atoms with van der Waals surface area (Å²) in [4.78, 5) is 0. The molecule has 1 unspecified atom stereocenters. The molecule has 0 aromatic heterocycles. The van der Waals surface area contributed by atoms with Gasteiger partial charge in [-0.2, -0.15) is 0 Å². The zero-order valence-corrected chi connectivity index (χ0v) is 14.7. The van der Waals surface area contributed by atoms with Crippen LogP contribution in [0.5, 0.6) is 5.75 Å². The van der Waals surface area contributed by atoms with Crippen LogP contribution in [0.2, 0.25) is 0 Å². The molecule has 0 heterocycles. The number of anilines is 1. The van der Waals surface area contributed by atoms with Gasteiger partial charge < -0.3 is 43.9 Å². The Bertz CT molecular complexity index is 409. The Balaban J connectivity index is 0.00000484. The van der Waals surface area contributed by atoms with Crippen molar-refractivity contribution in [3.8, 4) is 5.75 Å². The van der Waals surface area contributed by atoms with Crippen LogP contribution in [0.15, 0.2) is 24.3 Å². The second-order valence-electron chi connectivity index (χ2n) is 6.07. The first-order valence-corrected chi connectivity index (χ1v) is 7.89. The van der Waals surface area contributed by atoms with Crippen LogP contribution in [0.1, 0.15) is 12.8 Å². The molecule has 0 saturated carbocycles. The van der Waals surface area contributed by atoms with Gasteiger partial charge in [-0.3, -0.25) is 0 Å². The highest BCUT2D eigenvalue weighted by atomic mass is 35.5. The van der Waals surface area contributed by atoms with Crippen LogP contribution in [0.25, 0.3) is 0 Å². The minimum absolute atomic E-state index is 0. The van der Waals surface area contributed by atoms with Gasteiger partial charge >= 0.3 is 0 Å². The molecular weight excluding hydrogens is 316 g/mol. The number of aliphatic hydroxyl groups is 1. The van der Waals surface area contributed by atoms with E-state index in [1.807, 2.05) is 0 Å². The molecule has 0 aliphatic carbocycles. The van der Waals surface area contributed by atoms with Gasteiger partial charge in [0.05, 0.1) is 20.1 Å². The molecule has 0 aliphatic heterocycles. The van der Waals surface area contributed by atoms with E-state index in [-0.39, 0.29) is 19.0 Å². The molecular formula is C16H31ClN4O2. The topological polar surface area (TPSA) is 108 Å². The van der Waals surface area contributed by atoms with Crippen molar-refractivity contribution in [3.63, 3.8) is 0 Å². The molecule has 23 heavy (non-hydrogen) atoms. The number of hydrogen-bond donors (Lipinski definition) is 4. The van der Waals surface area contributed by atoms with Crippen LogP contribution in [0.4, 0.5) is 5.69 Å². The molecule has 7 heteroatoms. The van der Waals surface area contributed by atoms with Gasteiger partial charge in [0.1, 0.15) is 25.0 Å². The lowest BCUT2D eigenvalue weighted by Crippen LogP contribution is -3.00. The van der Waals surface area contributed by atoms with Crippen molar-refractivity contribution in [2.75, 3.05) is 52.1 Å². The van der Waals surface area contributed by atoms with Crippen LogP contribution >= 0.6 is 0 Å². The van der Waals surface area contributed by atoms with Crippen LogP contribution in [-0.2, 0) is 0 Å².